The average molecular weight is 257 g/mol. The van der Waals surface area contributed by atoms with Crippen LogP contribution in [0.25, 0.3) is 0 Å². The highest BCUT2D eigenvalue weighted by Crippen LogP contribution is 2.20. The third-order valence-electron chi connectivity index (χ3n) is 1.91. The van der Waals surface area contributed by atoms with E-state index in [2.05, 4.69) is 4.74 Å². The zero-order chi connectivity index (χ0) is 13.3. The summed E-state index contributed by atoms with van der Waals surface area (Å²) in [5.74, 6) is -0.522. The minimum Gasteiger partial charge on any atom is -0.465 e. The molecule has 0 aromatic heterocycles. The van der Waals surface area contributed by atoms with Crippen molar-refractivity contribution in [3.8, 4) is 0 Å². The average Bonchev–Trinajstić information content (AvgIpc) is 2.21. The van der Waals surface area contributed by atoms with Crippen molar-refractivity contribution in [1.82, 2.24) is 0 Å². The number of ether oxygens (including phenoxy) is 2. The van der Waals surface area contributed by atoms with Crippen LogP contribution in [0.3, 0.4) is 0 Å². The van der Waals surface area contributed by atoms with Crippen molar-refractivity contribution < 1.29 is 27.4 Å². The Hall–Kier alpha value is -0.820. The van der Waals surface area contributed by atoms with E-state index in [9.17, 15) is 18.0 Å². The van der Waals surface area contributed by atoms with E-state index in [-0.39, 0.29) is 32.7 Å². The van der Waals surface area contributed by atoms with Gasteiger partial charge in [0.2, 0.25) is 0 Å². The summed E-state index contributed by atoms with van der Waals surface area (Å²) in [4.78, 5) is 11.0. The van der Waals surface area contributed by atoms with Crippen molar-refractivity contribution >= 4 is 5.97 Å². The molecule has 4 nitrogen and oxygen atoms in total. The third kappa shape index (κ3) is 10.1. The maximum absolute atomic E-state index is 11.7. The van der Waals surface area contributed by atoms with E-state index in [1.165, 1.54) is 0 Å². The van der Waals surface area contributed by atoms with Gasteiger partial charge in [0.25, 0.3) is 0 Å². The van der Waals surface area contributed by atoms with Crippen LogP contribution in [0.5, 0.6) is 0 Å². The number of alkyl halides is 3. The van der Waals surface area contributed by atoms with Crippen LogP contribution in [0.15, 0.2) is 0 Å². The molecular formula is C10H18F3NO3. The van der Waals surface area contributed by atoms with Crippen molar-refractivity contribution in [3.63, 3.8) is 0 Å². The minimum atomic E-state index is -4.15. The molecule has 0 radical (unpaired) electrons. The summed E-state index contributed by atoms with van der Waals surface area (Å²) >= 11 is 0. The van der Waals surface area contributed by atoms with Crippen molar-refractivity contribution in [2.75, 3.05) is 19.8 Å². The predicted molar refractivity (Wildman–Crippen MR) is 55.3 cm³/mol. The second-order valence-electron chi connectivity index (χ2n) is 3.48. The Kier molecular flexibility index (Phi) is 7.90. The summed E-state index contributed by atoms with van der Waals surface area (Å²) in [7, 11) is 0. The van der Waals surface area contributed by atoms with E-state index in [0.717, 1.165) is 0 Å². The van der Waals surface area contributed by atoms with E-state index >= 15 is 0 Å². The number of carbonyl (C=O) groups is 1. The zero-order valence-electron chi connectivity index (χ0n) is 9.76. The summed E-state index contributed by atoms with van der Waals surface area (Å²) in [6, 6.07) is -0.780. The SMILES string of the molecule is CCOC(=O)C(N)CCOCCCC(F)(F)F. The molecule has 0 aromatic rings. The monoisotopic (exact) mass is 257 g/mol. The molecule has 0 saturated heterocycles. The van der Waals surface area contributed by atoms with Crippen LogP contribution in [0.4, 0.5) is 13.2 Å². The molecule has 1 unspecified atom stereocenters. The Morgan fingerprint density at radius 2 is 2.00 bits per heavy atom. The number of hydrogen-bond acceptors (Lipinski definition) is 4. The highest BCUT2D eigenvalue weighted by Gasteiger charge is 2.25. The van der Waals surface area contributed by atoms with Crippen molar-refractivity contribution in [2.24, 2.45) is 5.73 Å². The number of rotatable bonds is 8. The second kappa shape index (κ2) is 8.30. The van der Waals surface area contributed by atoms with E-state index in [1.54, 1.807) is 6.92 Å². The molecule has 0 aliphatic carbocycles. The molecule has 0 fully saturated rings. The van der Waals surface area contributed by atoms with Gasteiger partial charge in [-0.25, -0.2) is 0 Å². The van der Waals surface area contributed by atoms with Crippen LogP contribution in [0.2, 0.25) is 0 Å². The molecule has 0 bridgehead atoms. The summed E-state index contributed by atoms with van der Waals surface area (Å²) in [6.07, 6.45) is -4.86. The lowest BCUT2D eigenvalue weighted by atomic mass is 10.2. The fourth-order valence-electron chi connectivity index (χ4n) is 1.05. The lowest BCUT2D eigenvalue weighted by molar-refractivity contribution is -0.145. The molecule has 0 spiro atoms. The first-order chi connectivity index (χ1) is 7.87. The first-order valence-electron chi connectivity index (χ1n) is 5.43. The van der Waals surface area contributed by atoms with E-state index in [1.807, 2.05) is 0 Å². The summed E-state index contributed by atoms with van der Waals surface area (Å²) in [5, 5.41) is 0. The molecule has 0 heterocycles. The van der Waals surface area contributed by atoms with Gasteiger partial charge in [0.05, 0.1) is 6.61 Å². The van der Waals surface area contributed by atoms with Crippen LogP contribution in [0.1, 0.15) is 26.2 Å². The largest absolute Gasteiger partial charge is 0.465 e. The van der Waals surface area contributed by atoms with Gasteiger partial charge in [0, 0.05) is 19.6 Å². The van der Waals surface area contributed by atoms with Crippen LogP contribution < -0.4 is 5.73 Å². The molecule has 0 saturated carbocycles. The van der Waals surface area contributed by atoms with Crippen LogP contribution in [-0.2, 0) is 14.3 Å². The summed E-state index contributed by atoms with van der Waals surface area (Å²) < 4.78 is 44.8. The molecule has 102 valence electrons. The normalized spacial score (nSPS) is 13.5. The van der Waals surface area contributed by atoms with Crippen LogP contribution >= 0.6 is 0 Å². The van der Waals surface area contributed by atoms with Crippen molar-refractivity contribution in [2.45, 2.75) is 38.4 Å². The molecule has 0 aliphatic heterocycles. The fraction of sp³-hybridized carbons (Fsp3) is 0.900. The number of nitrogens with two attached hydrogens (primary N) is 1. The predicted octanol–water partition coefficient (Wildman–Crippen LogP) is 1.63. The maximum atomic E-state index is 11.7. The molecule has 1 atom stereocenters. The van der Waals surface area contributed by atoms with Gasteiger partial charge in [-0.05, 0) is 19.8 Å². The Morgan fingerprint density at radius 1 is 1.35 bits per heavy atom. The van der Waals surface area contributed by atoms with Gasteiger partial charge in [0.15, 0.2) is 0 Å². The molecule has 7 heteroatoms. The Balaban J connectivity index is 3.42. The number of hydrogen-bond donors (Lipinski definition) is 1. The van der Waals surface area contributed by atoms with E-state index in [4.69, 9.17) is 10.5 Å². The second-order valence-corrected chi connectivity index (χ2v) is 3.48. The lowest BCUT2D eigenvalue weighted by Gasteiger charge is -2.11. The van der Waals surface area contributed by atoms with Crippen molar-refractivity contribution in [1.29, 1.82) is 0 Å². The number of esters is 1. The molecule has 0 amide bonds. The van der Waals surface area contributed by atoms with Crippen LogP contribution in [-0.4, -0.2) is 38.0 Å². The van der Waals surface area contributed by atoms with Gasteiger partial charge >= 0.3 is 12.1 Å². The summed E-state index contributed by atoms with van der Waals surface area (Å²) in [5.41, 5.74) is 5.45. The Morgan fingerprint density at radius 3 is 2.53 bits per heavy atom. The highest BCUT2D eigenvalue weighted by atomic mass is 19.4. The van der Waals surface area contributed by atoms with Gasteiger partial charge < -0.3 is 15.2 Å². The standard InChI is InChI=1S/C10H18F3NO3/c1-2-17-9(15)8(14)4-7-16-6-3-5-10(11,12)13/h8H,2-7,14H2,1H3. The van der Waals surface area contributed by atoms with Gasteiger partial charge in [-0.3, -0.25) is 4.79 Å². The maximum Gasteiger partial charge on any atom is 0.389 e. The summed E-state index contributed by atoms with van der Waals surface area (Å²) in [6.45, 7) is 2.07. The lowest BCUT2D eigenvalue weighted by Crippen LogP contribution is -2.33. The molecule has 2 N–H and O–H groups in total. The Labute approximate surface area is 98.2 Å². The van der Waals surface area contributed by atoms with Gasteiger partial charge in [-0.2, -0.15) is 13.2 Å². The first-order valence-corrected chi connectivity index (χ1v) is 5.43. The van der Waals surface area contributed by atoms with Crippen LogP contribution in [0, 0.1) is 0 Å². The zero-order valence-corrected chi connectivity index (χ0v) is 9.76. The van der Waals surface area contributed by atoms with Gasteiger partial charge in [-0.15, -0.1) is 0 Å². The smallest absolute Gasteiger partial charge is 0.389 e. The first kappa shape index (κ1) is 16.2. The Bertz CT molecular complexity index is 221. The third-order valence-corrected chi connectivity index (χ3v) is 1.91. The highest BCUT2D eigenvalue weighted by molar-refractivity contribution is 5.75. The van der Waals surface area contributed by atoms with E-state index < -0.39 is 24.6 Å². The van der Waals surface area contributed by atoms with Gasteiger partial charge in [0.1, 0.15) is 6.04 Å². The number of halogens is 3. The minimum absolute atomic E-state index is 0.00898. The number of carbonyl (C=O) groups excluding carboxylic acids is 1. The molecule has 17 heavy (non-hydrogen) atoms. The topological polar surface area (TPSA) is 61.5 Å². The fourth-order valence-corrected chi connectivity index (χ4v) is 1.05. The molecule has 0 rings (SSSR count). The molecule has 0 aliphatic rings. The van der Waals surface area contributed by atoms with E-state index in [0.29, 0.717) is 0 Å². The van der Waals surface area contributed by atoms with Gasteiger partial charge in [-0.1, -0.05) is 0 Å². The molecule has 0 aromatic carbocycles. The van der Waals surface area contributed by atoms with Crippen molar-refractivity contribution in [3.05, 3.63) is 0 Å². The molecular weight excluding hydrogens is 239 g/mol. The quantitative estimate of drug-likeness (QED) is 0.530.